The molecule has 114 valence electrons. The van der Waals surface area contributed by atoms with Crippen LogP contribution in [0.3, 0.4) is 0 Å². The van der Waals surface area contributed by atoms with Crippen molar-refractivity contribution in [2.75, 3.05) is 44.4 Å². The molecule has 1 heterocycles. The van der Waals surface area contributed by atoms with Gasteiger partial charge < -0.3 is 20.9 Å². The summed E-state index contributed by atoms with van der Waals surface area (Å²) >= 11 is 0. The first-order chi connectivity index (χ1) is 10.1. The molecule has 0 bridgehead atoms. The van der Waals surface area contributed by atoms with E-state index < -0.39 is 0 Å². The highest BCUT2D eigenvalue weighted by Gasteiger charge is 2.39. The number of hydrogen-bond donors (Lipinski definition) is 3. The molecule has 0 radical (unpaired) electrons. The average Bonchev–Trinajstić information content (AvgIpc) is 2.45. The lowest BCUT2D eigenvalue weighted by Gasteiger charge is -2.47. The van der Waals surface area contributed by atoms with E-state index in [4.69, 9.17) is 0 Å². The average molecular weight is 288 g/mol. The van der Waals surface area contributed by atoms with Gasteiger partial charge in [0.05, 0.1) is 16.9 Å². The van der Waals surface area contributed by atoms with Gasteiger partial charge in [0.15, 0.2) is 0 Å². The van der Waals surface area contributed by atoms with E-state index in [0.29, 0.717) is 0 Å². The molecule has 0 aromatic heterocycles. The van der Waals surface area contributed by atoms with Gasteiger partial charge in [0.1, 0.15) is 0 Å². The second-order valence-electron chi connectivity index (χ2n) is 6.24. The SMILES string of the molecule is CN(C)C1(CNC(=O)c2cccc3c2NCCN3)CCC1. The zero-order valence-electron chi connectivity index (χ0n) is 12.8. The van der Waals surface area contributed by atoms with Crippen molar-refractivity contribution in [2.45, 2.75) is 24.8 Å². The molecule has 0 unspecified atom stereocenters. The molecule has 1 aliphatic carbocycles. The Morgan fingerprint density at radius 3 is 2.71 bits per heavy atom. The van der Waals surface area contributed by atoms with Crippen LogP contribution in [0.25, 0.3) is 0 Å². The first kappa shape index (κ1) is 14.2. The Morgan fingerprint density at radius 2 is 2.05 bits per heavy atom. The molecule has 0 atom stereocenters. The summed E-state index contributed by atoms with van der Waals surface area (Å²) in [4.78, 5) is 14.8. The third-order valence-electron chi connectivity index (χ3n) is 4.86. The Labute approximate surface area is 126 Å². The van der Waals surface area contributed by atoms with Gasteiger partial charge in [-0.3, -0.25) is 4.79 Å². The molecule has 1 aliphatic heterocycles. The number of carbonyl (C=O) groups is 1. The van der Waals surface area contributed by atoms with Crippen LogP contribution < -0.4 is 16.0 Å². The second-order valence-corrected chi connectivity index (χ2v) is 6.24. The van der Waals surface area contributed by atoms with E-state index in [1.807, 2.05) is 18.2 Å². The van der Waals surface area contributed by atoms with E-state index >= 15 is 0 Å². The number of carbonyl (C=O) groups excluding carboxylic acids is 1. The number of rotatable bonds is 4. The number of anilines is 2. The van der Waals surface area contributed by atoms with Gasteiger partial charge in [-0.05, 0) is 45.5 Å². The fourth-order valence-electron chi connectivity index (χ4n) is 3.17. The molecule has 0 spiro atoms. The first-order valence-electron chi connectivity index (χ1n) is 7.69. The summed E-state index contributed by atoms with van der Waals surface area (Å²) < 4.78 is 0. The van der Waals surface area contributed by atoms with Crippen molar-refractivity contribution in [3.05, 3.63) is 23.8 Å². The van der Waals surface area contributed by atoms with Crippen molar-refractivity contribution >= 4 is 17.3 Å². The van der Waals surface area contributed by atoms with Gasteiger partial charge in [-0.15, -0.1) is 0 Å². The van der Waals surface area contributed by atoms with Crippen LogP contribution in [0.5, 0.6) is 0 Å². The minimum atomic E-state index is 0.0103. The maximum absolute atomic E-state index is 12.5. The van der Waals surface area contributed by atoms with Crippen molar-refractivity contribution in [3.63, 3.8) is 0 Å². The Kier molecular flexibility index (Phi) is 3.76. The zero-order chi connectivity index (χ0) is 14.9. The Bertz CT molecular complexity index is 537. The van der Waals surface area contributed by atoms with Crippen molar-refractivity contribution < 1.29 is 4.79 Å². The quantitative estimate of drug-likeness (QED) is 0.790. The topological polar surface area (TPSA) is 56.4 Å². The summed E-state index contributed by atoms with van der Waals surface area (Å²) in [5.41, 5.74) is 2.82. The molecule has 5 heteroatoms. The Morgan fingerprint density at radius 1 is 1.29 bits per heavy atom. The largest absolute Gasteiger partial charge is 0.382 e. The van der Waals surface area contributed by atoms with Crippen LogP contribution in [0, 0.1) is 0 Å². The standard InChI is InChI=1S/C16H24N4O/c1-20(2)16(7-4-8-16)11-19-15(21)12-5-3-6-13-14(12)18-10-9-17-13/h3,5-6,17-18H,4,7-11H2,1-2H3,(H,19,21). The van der Waals surface area contributed by atoms with Crippen molar-refractivity contribution in [2.24, 2.45) is 0 Å². The number of para-hydroxylation sites is 1. The number of nitrogens with one attached hydrogen (secondary N) is 3. The number of nitrogens with zero attached hydrogens (tertiary/aromatic N) is 1. The molecule has 1 amide bonds. The lowest BCUT2D eigenvalue weighted by molar-refractivity contribution is 0.0558. The fraction of sp³-hybridized carbons (Fsp3) is 0.562. The van der Waals surface area contributed by atoms with Crippen LogP contribution in [0.1, 0.15) is 29.6 Å². The van der Waals surface area contributed by atoms with E-state index in [2.05, 4.69) is 34.9 Å². The maximum atomic E-state index is 12.5. The van der Waals surface area contributed by atoms with Gasteiger partial charge in [0, 0.05) is 25.2 Å². The second kappa shape index (κ2) is 5.56. The molecule has 3 rings (SSSR count). The number of likely N-dealkylation sites (N-methyl/N-ethyl adjacent to an activating group) is 1. The molecule has 1 aromatic rings. The Balaban J connectivity index is 1.71. The highest BCUT2D eigenvalue weighted by Crippen LogP contribution is 2.35. The number of fused-ring (bicyclic) bond motifs is 1. The van der Waals surface area contributed by atoms with Gasteiger partial charge in [0.2, 0.25) is 0 Å². The van der Waals surface area contributed by atoms with E-state index in [1.165, 1.54) is 6.42 Å². The van der Waals surface area contributed by atoms with Crippen LogP contribution in [0.15, 0.2) is 18.2 Å². The Hall–Kier alpha value is -1.75. The molecule has 3 N–H and O–H groups in total. The molecular weight excluding hydrogens is 264 g/mol. The van der Waals surface area contributed by atoms with Crippen LogP contribution in [-0.4, -0.2) is 50.1 Å². The van der Waals surface area contributed by atoms with Gasteiger partial charge in [-0.25, -0.2) is 0 Å². The van der Waals surface area contributed by atoms with E-state index in [9.17, 15) is 4.79 Å². The van der Waals surface area contributed by atoms with Crippen molar-refractivity contribution in [3.8, 4) is 0 Å². The minimum Gasteiger partial charge on any atom is -0.382 e. The number of hydrogen-bond acceptors (Lipinski definition) is 4. The molecule has 1 saturated carbocycles. The number of amides is 1. The summed E-state index contributed by atoms with van der Waals surface area (Å²) in [5.74, 6) is 0.0103. The smallest absolute Gasteiger partial charge is 0.253 e. The van der Waals surface area contributed by atoms with Gasteiger partial charge in [0.25, 0.3) is 5.91 Å². The van der Waals surface area contributed by atoms with Crippen LogP contribution in [0.2, 0.25) is 0 Å². The van der Waals surface area contributed by atoms with Crippen molar-refractivity contribution in [1.29, 1.82) is 0 Å². The molecule has 1 aromatic carbocycles. The zero-order valence-corrected chi connectivity index (χ0v) is 12.8. The third-order valence-corrected chi connectivity index (χ3v) is 4.86. The summed E-state index contributed by atoms with van der Waals surface area (Å²) in [7, 11) is 4.20. The summed E-state index contributed by atoms with van der Waals surface area (Å²) in [5, 5.41) is 9.77. The van der Waals surface area contributed by atoms with Crippen LogP contribution in [0.4, 0.5) is 11.4 Å². The molecule has 0 saturated heterocycles. The lowest BCUT2D eigenvalue weighted by Crippen LogP contribution is -2.57. The van der Waals surface area contributed by atoms with E-state index in [0.717, 1.165) is 49.4 Å². The summed E-state index contributed by atoms with van der Waals surface area (Å²) in [6, 6.07) is 5.82. The molecule has 5 nitrogen and oxygen atoms in total. The van der Waals surface area contributed by atoms with Gasteiger partial charge >= 0.3 is 0 Å². The molecule has 21 heavy (non-hydrogen) atoms. The monoisotopic (exact) mass is 288 g/mol. The predicted octanol–water partition coefficient (Wildman–Crippen LogP) is 1.74. The van der Waals surface area contributed by atoms with E-state index in [1.54, 1.807) is 0 Å². The normalized spacial score (nSPS) is 19.0. The highest BCUT2D eigenvalue weighted by atomic mass is 16.1. The first-order valence-corrected chi connectivity index (χ1v) is 7.69. The maximum Gasteiger partial charge on any atom is 0.253 e. The molecular formula is C16H24N4O. The lowest BCUT2D eigenvalue weighted by atomic mass is 9.75. The van der Waals surface area contributed by atoms with Gasteiger partial charge in [-0.2, -0.15) is 0 Å². The fourth-order valence-corrected chi connectivity index (χ4v) is 3.17. The summed E-state index contributed by atoms with van der Waals surface area (Å²) in [6.45, 7) is 2.46. The molecule has 1 fully saturated rings. The summed E-state index contributed by atoms with van der Waals surface area (Å²) in [6.07, 6.45) is 3.57. The van der Waals surface area contributed by atoms with Crippen LogP contribution in [-0.2, 0) is 0 Å². The van der Waals surface area contributed by atoms with Crippen LogP contribution >= 0.6 is 0 Å². The van der Waals surface area contributed by atoms with Crippen molar-refractivity contribution in [1.82, 2.24) is 10.2 Å². The minimum absolute atomic E-state index is 0.0103. The molecule has 2 aliphatic rings. The van der Waals surface area contributed by atoms with E-state index in [-0.39, 0.29) is 11.4 Å². The third kappa shape index (κ3) is 2.58. The highest BCUT2D eigenvalue weighted by molar-refractivity contribution is 6.02. The van der Waals surface area contributed by atoms with Gasteiger partial charge in [-0.1, -0.05) is 6.07 Å². The number of benzene rings is 1. The predicted molar refractivity (Wildman–Crippen MR) is 86.0 cm³/mol.